The predicted octanol–water partition coefficient (Wildman–Crippen LogP) is 1.91. The number of rotatable bonds is 5. The van der Waals surface area contributed by atoms with Crippen LogP contribution in [0.3, 0.4) is 0 Å². The molecule has 78 valence electrons. The highest BCUT2D eigenvalue weighted by atomic mass is 15.1. The number of nitrogens with one attached hydrogen (secondary N) is 2. The third kappa shape index (κ3) is 3.28. The summed E-state index contributed by atoms with van der Waals surface area (Å²) in [6, 6.07) is 0. The van der Waals surface area contributed by atoms with Gasteiger partial charge in [0.2, 0.25) is 0 Å². The molecule has 1 aliphatic rings. The van der Waals surface area contributed by atoms with Crippen LogP contribution >= 0.6 is 0 Å². The van der Waals surface area contributed by atoms with E-state index >= 15 is 0 Å². The number of likely N-dealkylation sites (N-methyl/N-ethyl adjacent to an activating group) is 1. The maximum Gasteiger partial charge on any atom is 0.0249 e. The van der Waals surface area contributed by atoms with Gasteiger partial charge in [0.25, 0.3) is 0 Å². The Balaban J connectivity index is 2.24. The van der Waals surface area contributed by atoms with E-state index in [-0.39, 0.29) is 5.54 Å². The third-order valence-corrected chi connectivity index (χ3v) is 3.07. The van der Waals surface area contributed by atoms with Crippen LogP contribution in [0.1, 0.15) is 47.0 Å². The van der Waals surface area contributed by atoms with E-state index in [1.165, 1.54) is 19.3 Å². The first-order valence-corrected chi connectivity index (χ1v) is 5.47. The molecule has 0 aromatic carbocycles. The molecule has 0 unspecified atom stereocenters. The van der Waals surface area contributed by atoms with Gasteiger partial charge in [-0.3, -0.25) is 0 Å². The second-order valence-electron chi connectivity index (χ2n) is 5.18. The van der Waals surface area contributed by atoms with Gasteiger partial charge >= 0.3 is 0 Å². The van der Waals surface area contributed by atoms with Gasteiger partial charge in [-0.05, 0) is 46.6 Å². The van der Waals surface area contributed by atoms with Gasteiger partial charge in [-0.15, -0.1) is 0 Å². The molecule has 0 amide bonds. The zero-order valence-electron chi connectivity index (χ0n) is 9.54. The summed E-state index contributed by atoms with van der Waals surface area (Å²) in [7, 11) is 0. The zero-order chi connectivity index (χ0) is 9.95. The minimum absolute atomic E-state index is 0.230. The van der Waals surface area contributed by atoms with Gasteiger partial charge in [0.1, 0.15) is 0 Å². The van der Waals surface area contributed by atoms with Crippen LogP contribution in [0.25, 0.3) is 0 Å². The summed E-state index contributed by atoms with van der Waals surface area (Å²) in [6.45, 7) is 11.1. The first-order chi connectivity index (χ1) is 5.97. The molecular formula is C11H24N2. The molecule has 0 radical (unpaired) electrons. The highest BCUT2D eigenvalue weighted by Gasteiger charge is 2.32. The summed E-state index contributed by atoms with van der Waals surface area (Å²) in [5, 5.41) is 7.14. The van der Waals surface area contributed by atoms with E-state index in [0.717, 1.165) is 13.1 Å². The van der Waals surface area contributed by atoms with Crippen LogP contribution in [0.5, 0.6) is 0 Å². The molecule has 0 spiro atoms. The van der Waals surface area contributed by atoms with Crippen LogP contribution in [0.2, 0.25) is 0 Å². The van der Waals surface area contributed by atoms with E-state index in [2.05, 4.69) is 38.3 Å². The lowest BCUT2D eigenvalue weighted by Crippen LogP contribution is -2.56. The molecule has 2 N–H and O–H groups in total. The summed E-state index contributed by atoms with van der Waals surface area (Å²) < 4.78 is 0. The highest BCUT2D eigenvalue weighted by molar-refractivity contribution is 4.94. The van der Waals surface area contributed by atoms with Gasteiger partial charge in [-0.1, -0.05) is 6.92 Å². The quantitative estimate of drug-likeness (QED) is 0.682. The molecule has 0 atom stereocenters. The SMILES string of the molecule is CCNC(C)(C)CNC1(C)CCC1. The fourth-order valence-corrected chi connectivity index (χ4v) is 1.86. The normalized spacial score (nSPS) is 21.2. The molecule has 1 fully saturated rings. The van der Waals surface area contributed by atoms with E-state index in [9.17, 15) is 0 Å². The van der Waals surface area contributed by atoms with Crippen LogP contribution in [-0.4, -0.2) is 24.2 Å². The van der Waals surface area contributed by atoms with E-state index in [1.54, 1.807) is 0 Å². The molecule has 2 nitrogen and oxygen atoms in total. The fourth-order valence-electron chi connectivity index (χ4n) is 1.86. The molecule has 0 aromatic heterocycles. The topological polar surface area (TPSA) is 24.1 Å². The van der Waals surface area contributed by atoms with Gasteiger partial charge in [0.15, 0.2) is 0 Å². The van der Waals surface area contributed by atoms with Gasteiger partial charge in [0, 0.05) is 17.6 Å². The summed E-state index contributed by atoms with van der Waals surface area (Å²) in [6.07, 6.45) is 4.08. The van der Waals surface area contributed by atoms with Crippen molar-refractivity contribution in [1.29, 1.82) is 0 Å². The van der Waals surface area contributed by atoms with Crippen molar-refractivity contribution < 1.29 is 0 Å². The van der Waals surface area contributed by atoms with Crippen LogP contribution in [0.4, 0.5) is 0 Å². The molecule has 0 aliphatic heterocycles. The van der Waals surface area contributed by atoms with Crippen molar-refractivity contribution in [1.82, 2.24) is 10.6 Å². The maximum atomic E-state index is 3.66. The van der Waals surface area contributed by atoms with Crippen molar-refractivity contribution in [2.45, 2.75) is 58.0 Å². The molecule has 0 saturated heterocycles. The highest BCUT2D eigenvalue weighted by Crippen LogP contribution is 2.31. The zero-order valence-corrected chi connectivity index (χ0v) is 9.54. The first-order valence-electron chi connectivity index (χ1n) is 5.47. The minimum Gasteiger partial charge on any atom is -0.311 e. The molecule has 13 heavy (non-hydrogen) atoms. The Kier molecular flexibility index (Phi) is 3.36. The Morgan fingerprint density at radius 2 is 1.92 bits per heavy atom. The largest absolute Gasteiger partial charge is 0.311 e. The maximum absolute atomic E-state index is 3.66. The van der Waals surface area contributed by atoms with Gasteiger partial charge in [-0.2, -0.15) is 0 Å². The van der Waals surface area contributed by atoms with Crippen molar-refractivity contribution in [3.63, 3.8) is 0 Å². The Hall–Kier alpha value is -0.0800. The number of hydrogen-bond donors (Lipinski definition) is 2. The van der Waals surface area contributed by atoms with Crippen LogP contribution in [-0.2, 0) is 0 Å². The average molecular weight is 184 g/mol. The van der Waals surface area contributed by atoms with Gasteiger partial charge < -0.3 is 10.6 Å². The lowest BCUT2D eigenvalue weighted by Gasteiger charge is -2.42. The Bertz CT molecular complexity index is 159. The molecule has 1 saturated carbocycles. The summed E-state index contributed by atoms with van der Waals surface area (Å²) in [5.41, 5.74) is 0.667. The molecule has 0 heterocycles. The van der Waals surface area contributed by atoms with Gasteiger partial charge in [-0.25, -0.2) is 0 Å². The summed E-state index contributed by atoms with van der Waals surface area (Å²) in [4.78, 5) is 0. The average Bonchev–Trinajstić information content (AvgIpc) is 1.97. The second-order valence-corrected chi connectivity index (χ2v) is 5.18. The van der Waals surface area contributed by atoms with E-state index in [4.69, 9.17) is 0 Å². The predicted molar refractivity (Wildman–Crippen MR) is 58.0 cm³/mol. The molecule has 0 bridgehead atoms. The third-order valence-electron chi connectivity index (χ3n) is 3.07. The van der Waals surface area contributed by atoms with E-state index in [1.807, 2.05) is 0 Å². The summed E-state index contributed by atoms with van der Waals surface area (Å²) >= 11 is 0. The molecule has 0 aromatic rings. The van der Waals surface area contributed by atoms with Crippen molar-refractivity contribution in [2.75, 3.05) is 13.1 Å². The molecule has 1 rings (SSSR count). The molecule has 2 heteroatoms. The van der Waals surface area contributed by atoms with E-state index in [0.29, 0.717) is 5.54 Å². The summed E-state index contributed by atoms with van der Waals surface area (Å²) in [5.74, 6) is 0. The van der Waals surface area contributed by atoms with Crippen molar-refractivity contribution in [2.24, 2.45) is 0 Å². The molecule has 1 aliphatic carbocycles. The van der Waals surface area contributed by atoms with Crippen LogP contribution in [0.15, 0.2) is 0 Å². The van der Waals surface area contributed by atoms with Crippen molar-refractivity contribution in [3.8, 4) is 0 Å². The Morgan fingerprint density at radius 1 is 1.31 bits per heavy atom. The monoisotopic (exact) mass is 184 g/mol. The number of hydrogen-bond acceptors (Lipinski definition) is 2. The minimum atomic E-state index is 0.230. The fraction of sp³-hybridized carbons (Fsp3) is 1.00. The van der Waals surface area contributed by atoms with Crippen LogP contribution in [0, 0.1) is 0 Å². The van der Waals surface area contributed by atoms with Crippen molar-refractivity contribution >= 4 is 0 Å². The molecular weight excluding hydrogens is 160 g/mol. The van der Waals surface area contributed by atoms with Crippen molar-refractivity contribution in [3.05, 3.63) is 0 Å². The lowest BCUT2D eigenvalue weighted by molar-refractivity contribution is 0.188. The second kappa shape index (κ2) is 3.97. The standard InChI is InChI=1S/C11H24N2/c1-5-12-10(2,3)9-13-11(4)7-6-8-11/h12-13H,5-9H2,1-4H3. The first kappa shape index (κ1) is 11.0. The Morgan fingerprint density at radius 3 is 2.31 bits per heavy atom. The van der Waals surface area contributed by atoms with Crippen LogP contribution < -0.4 is 10.6 Å². The van der Waals surface area contributed by atoms with Gasteiger partial charge in [0.05, 0.1) is 0 Å². The Labute approximate surface area is 82.5 Å². The lowest BCUT2D eigenvalue weighted by atomic mass is 9.78. The smallest absolute Gasteiger partial charge is 0.0249 e. The van der Waals surface area contributed by atoms with E-state index < -0.39 is 0 Å².